The Balaban J connectivity index is 1.80. The second-order valence-electron chi connectivity index (χ2n) is 5.52. The third-order valence-corrected chi connectivity index (χ3v) is 5.94. The first-order chi connectivity index (χ1) is 9.44. The van der Waals surface area contributed by atoms with Crippen LogP contribution in [0.5, 0.6) is 0 Å². The summed E-state index contributed by atoms with van der Waals surface area (Å²) < 4.78 is 33.5. The van der Waals surface area contributed by atoms with E-state index >= 15 is 0 Å². The number of imidazole rings is 1. The van der Waals surface area contributed by atoms with E-state index in [9.17, 15) is 13.5 Å². The van der Waals surface area contributed by atoms with Crippen molar-refractivity contribution in [3.63, 3.8) is 0 Å². The number of ether oxygens (including phenoxy) is 1. The molecule has 7 nitrogen and oxygen atoms in total. The number of rotatable bonds is 2. The van der Waals surface area contributed by atoms with Gasteiger partial charge in [-0.2, -0.15) is 4.31 Å². The molecule has 0 bridgehead atoms. The van der Waals surface area contributed by atoms with Crippen LogP contribution < -0.4 is 0 Å². The average Bonchev–Trinajstić information content (AvgIpc) is 3.03. The van der Waals surface area contributed by atoms with Crippen LogP contribution in [0.4, 0.5) is 0 Å². The quantitative estimate of drug-likeness (QED) is 0.812. The third kappa shape index (κ3) is 2.16. The van der Waals surface area contributed by atoms with Crippen LogP contribution in [0.2, 0.25) is 0 Å². The van der Waals surface area contributed by atoms with Crippen molar-refractivity contribution >= 4 is 10.0 Å². The number of hydrogen-bond donors (Lipinski definition) is 1. The van der Waals surface area contributed by atoms with Gasteiger partial charge in [0.25, 0.3) is 10.0 Å². The first-order valence-corrected chi connectivity index (χ1v) is 8.18. The van der Waals surface area contributed by atoms with Crippen LogP contribution in [0.1, 0.15) is 19.3 Å². The Bertz CT molecular complexity index is 592. The van der Waals surface area contributed by atoms with Crippen molar-refractivity contribution < 1.29 is 18.3 Å². The van der Waals surface area contributed by atoms with Crippen LogP contribution in [0.25, 0.3) is 0 Å². The molecule has 1 aromatic rings. The van der Waals surface area contributed by atoms with E-state index in [1.54, 1.807) is 11.6 Å². The van der Waals surface area contributed by atoms with E-state index in [2.05, 4.69) is 4.98 Å². The van der Waals surface area contributed by atoms with E-state index in [0.29, 0.717) is 19.6 Å². The summed E-state index contributed by atoms with van der Waals surface area (Å²) >= 11 is 0. The monoisotopic (exact) mass is 301 g/mol. The maximum absolute atomic E-state index is 12.4. The van der Waals surface area contributed by atoms with E-state index in [1.807, 2.05) is 0 Å². The summed E-state index contributed by atoms with van der Waals surface area (Å²) in [6, 6.07) is 0. The minimum absolute atomic E-state index is 0.0236. The van der Waals surface area contributed by atoms with Crippen molar-refractivity contribution in [3.8, 4) is 0 Å². The molecule has 3 heterocycles. The zero-order valence-corrected chi connectivity index (χ0v) is 12.2. The van der Waals surface area contributed by atoms with Gasteiger partial charge >= 0.3 is 0 Å². The lowest BCUT2D eigenvalue weighted by Gasteiger charge is -2.41. The number of sulfonamides is 1. The fraction of sp³-hybridized carbons (Fsp3) is 0.750. The van der Waals surface area contributed by atoms with Gasteiger partial charge in [-0.3, -0.25) is 0 Å². The summed E-state index contributed by atoms with van der Waals surface area (Å²) in [5.41, 5.74) is -0.545. The molecule has 2 atom stereocenters. The summed E-state index contributed by atoms with van der Waals surface area (Å²) in [7, 11) is -1.91. The molecule has 0 amide bonds. The summed E-state index contributed by atoms with van der Waals surface area (Å²) in [5, 5.41) is 10.3. The van der Waals surface area contributed by atoms with Gasteiger partial charge in [0, 0.05) is 32.9 Å². The van der Waals surface area contributed by atoms with E-state index < -0.39 is 21.7 Å². The minimum Gasteiger partial charge on any atom is -0.389 e. The highest BCUT2D eigenvalue weighted by Gasteiger charge is 2.48. The number of nitrogens with zero attached hydrogens (tertiary/aromatic N) is 3. The number of aliphatic hydroxyl groups excluding tert-OH is 1. The lowest BCUT2D eigenvalue weighted by atomic mass is 9.87. The number of aryl methyl sites for hydroxylation is 1. The number of hydrogen-bond acceptors (Lipinski definition) is 5. The standard InChI is InChI=1S/C12H19N3O4S/c1-14-8-11(13-9-14)20(17,18)15-5-4-12(10(16)7-15)3-2-6-19-12/h8-10,16H,2-7H2,1H3/t10-,12-/m0/s1. The Kier molecular flexibility index (Phi) is 3.36. The van der Waals surface area contributed by atoms with Crippen molar-refractivity contribution in [1.82, 2.24) is 13.9 Å². The van der Waals surface area contributed by atoms with Gasteiger partial charge < -0.3 is 14.4 Å². The molecule has 1 spiro atoms. The zero-order chi connectivity index (χ0) is 14.4. The summed E-state index contributed by atoms with van der Waals surface area (Å²) in [4.78, 5) is 3.90. The van der Waals surface area contributed by atoms with Crippen LogP contribution in [0.15, 0.2) is 17.6 Å². The van der Waals surface area contributed by atoms with E-state index in [4.69, 9.17) is 4.74 Å². The molecule has 112 valence electrons. The highest BCUT2D eigenvalue weighted by Crippen LogP contribution is 2.37. The summed E-state index contributed by atoms with van der Waals surface area (Å²) in [5.74, 6) is 0. The van der Waals surface area contributed by atoms with Gasteiger partial charge in [0.2, 0.25) is 0 Å². The fourth-order valence-electron chi connectivity index (χ4n) is 2.98. The highest BCUT2D eigenvalue weighted by molar-refractivity contribution is 7.89. The second-order valence-corrected chi connectivity index (χ2v) is 7.41. The maximum atomic E-state index is 12.4. The number of aromatic nitrogens is 2. The Morgan fingerprint density at radius 2 is 2.30 bits per heavy atom. The molecule has 3 rings (SSSR count). The molecule has 0 aliphatic carbocycles. The number of aliphatic hydroxyl groups is 1. The minimum atomic E-state index is -3.63. The molecule has 2 aliphatic heterocycles. The average molecular weight is 301 g/mol. The van der Waals surface area contributed by atoms with Gasteiger partial charge in [0.15, 0.2) is 5.03 Å². The largest absolute Gasteiger partial charge is 0.389 e. The predicted octanol–water partition coefficient (Wildman–Crippen LogP) is -0.275. The van der Waals surface area contributed by atoms with Crippen molar-refractivity contribution in [3.05, 3.63) is 12.5 Å². The molecule has 1 N–H and O–H groups in total. The summed E-state index contributed by atoms with van der Waals surface area (Å²) in [6.45, 7) is 1.07. The van der Waals surface area contributed by atoms with E-state index in [1.165, 1.54) is 16.8 Å². The van der Waals surface area contributed by atoms with Crippen LogP contribution >= 0.6 is 0 Å². The molecule has 0 radical (unpaired) electrons. The third-order valence-electron chi connectivity index (χ3n) is 4.19. The normalized spacial score (nSPS) is 32.0. The van der Waals surface area contributed by atoms with Gasteiger partial charge in [0.1, 0.15) is 0 Å². The molecule has 2 aliphatic rings. The highest BCUT2D eigenvalue weighted by atomic mass is 32.2. The predicted molar refractivity (Wildman–Crippen MR) is 70.5 cm³/mol. The Morgan fingerprint density at radius 3 is 2.85 bits per heavy atom. The van der Waals surface area contributed by atoms with Crippen molar-refractivity contribution in [1.29, 1.82) is 0 Å². The van der Waals surface area contributed by atoms with Gasteiger partial charge in [-0.05, 0) is 19.3 Å². The number of β-amino-alcohol motifs (C(OH)–C–C–N with tert-alkyl or cyclic N) is 1. The zero-order valence-electron chi connectivity index (χ0n) is 11.4. The Labute approximate surface area is 118 Å². The molecular weight excluding hydrogens is 282 g/mol. The van der Waals surface area contributed by atoms with Crippen LogP contribution in [-0.4, -0.2) is 58.8 Å². The first-order valence-electron chi connectivity index (χ1n) is 6.74. The Hall–Kier alpha value is -0.960. The van der Waals surface area contributed by atoms with Gasteiger partial charge in [-0.1, -0.05) is 0 Å². The number of piperidine rings is 1. The van der Waals surface area contributed by atoms with Gasteiger partial charge in [0.05, 0.1) is 18.0 Å². The fourth-order valence-corrected chi connectivity index (χ4v) is 4.40. The first kappa shape index (κ1) is 14.0. The molecular formula is C12H19N3O4S. The van der Waals surface area contributed by atoms with Crippen molar-refractivity contribution in [2.24, 2.45) is 7.05 Å². The smallest absolute Gasteiger partial charge is 0.262 e. The van der Waals surface area contributed by atoms with E-state index in [-0.39, 0.29) is 11.6 Å². The van der Waals surface area contributed by atoms with Crippen molar-refractivity contribution in [2.45, 2.75) is 36.0 Å². The molecule has 2 saturated heterocycles. The molecule has 1 aromatic heterocycles. The van der Waals surface area contributed by atoms with Crippen LogP contribution in [-0.2, 0) is 21.8 Å². The SMILES string of the molecule is Cn1cnc(S(=O)(=O)N2CC[C@@]3(CCCO3)[C@@H](O)C2)c1. The van der Waals surface area contributed by atoms with Gasteiger partial charge in [-0.15, -0.1) is 0 Å². The lowest BCUT2D eigenvalue weighted by Crippen LogP contribution is -2.56. The molecule has 0 saturated carbocycles. The topological polar surface area (TPSA) is 84.7 Å². The molecule has 20 heavy (non-hydrogen) atoms. The van der Waals surface area contributed by atoms with Crippen LogP contribution in [0, 0.1) is 0 Å². The second kappa shape index (κ2) is 4.80. The van der Waals surface area contributed by atoms with Crippen molar-refractivity contribution in [2.75, 3.05) is 19.7 Å². The molecule has 8 heteroatoms. The molecule has 2 fully saturated rings. The van der Waals surface area contributed by atoms with Crippen LogP contribution in [0.3, 0.4) is 0 Å². The van der Waals surface area contributed by atoms with E-state index in [0.717, 1.165) is 12.8 Å². The molecule has 0 aromatic carbocycles. The maximum Gasteiger partial charge on any atom is 0.262 e. The lowest BCUT2D eigenvalue weighted by molar-refractivity contribution is -0.117. The Morgan fingerprint density at radius 1 is 1.50 bits per heavy atom. The molecule has 0 unspecified atom stereocenters. The van der Waals surface area contributed by atoms with Gasteiger partial charge in [-0.25, -0.2) is 13.4 Å². The summed E-state index contributed by atoms with van der Waals surface area (Å²) in [6.07, 6.45) is 4.39.